The summed E-state index contributed by atoms with van der Waals surface area (Å²) in [5, 5.41) is 7.09. The van der Waals surface area contributed by atoms with Crippen molar-refractivity contribution in [2.24, 2.45) is 11.8 Å². The van der Waals surface area contributed by atoms with Gasteiger partial charge in [0.25, 0.3) is 0 Å². The largest absolute Gasteiger partial charge is 0.315 e. The zero-order valence-corrected chi connectivity index (χ0v) is 10.1. The van der Waals surface area contributed by atoms with E-state index in [9.17, 15) is 0 Å². The van der Waals surface area contributed by atoms with Crippen molar-refractivity contribution in [3.63, 3.8) is 0 Å². The summed E-state index contributed by atoms with van der Waals surface area (Å²) in [5.74, 6) is 1.99. The fourth-order valence-corrected chi connectivity index (χ4v) is 3.14. The molecule has 2 aliphatic rings. The van der Waals surface area contributed by atoms with Crippen LogP contribution in [-0.4, -0.2) is 25.7 Å². The van der Waals surface area contributed by atoms with Crippen molar-refractivity contribution in [3.05, 3.63) is 0 Å². The molecule has 88 valence electrons. The molecule has 3 unspecified atom stereocenters. The van der Waals surface area contributed by atoms with Crippen molar-refractivity contribution >= 4 is 0 Å². The molecule has 15 heavy (non-hydrogen) atoms. The fourth-order valence-electron chi connectivity index (χ4n) is 3.14. The predicted molar refractivity (Wildman–Crippen MR) is 65.0 cm³/mol. The molecule has 2 rings (SSSR count). The Morgan fingerprint density at radius 1 is 1.27 bits per heavy atom. The Hall–Kier alpha value is -0.0800. The number of rotatable bonds is 4. The van der Waals surface area contributed by atoms with Crippen LogP contribution < -0.4 is 10.6 Å². The minimum absolute atomic E-state index is 0.756. The Balaban J connectivity index is 1.56. The molecule has 1 heterocycles. The molecule has 0 radical (unpaired) electrons. The molecular weight excluding hydrogens is 184 g/mol. The molecule has 2 fully saturated rings. The standard InChI is InChI=1S/C13H26N2/c1-11-3-2-4-12(9-11)5-8-15-13-6-7-14-10-13/h11-15H,2-10H2,1H3. The minimum atomic E-state index is 0.756. The van der Waals surface area contributed by atoms with Crippen molar-refractivity contribution < 1.29 is 0 Å². The predicted octanol–water partition coefficient (Wildman–Crippen LogP) is 2.15. The molecule has 2 N–H and O–H groups in total. The SMILES string of the molecule is CC1CCCC(CCNC2CCNC2)C1. The van der Waals surface area contributed by atoms with E-state index in [0.717, 1.165) is 17.9 Å². The first kappa shape index (κ1) is 11.4. The van der Waals surface area contributed by atoms with Gasteiger partial charge in [-0.15, -0.1) is 0 Å². The quantitative estimate of drug-likeness (QED) is 0.743. The van der Waals surface area contributed by atoms with Gasteiger partial charge in [0.05, 0.1) is 0 Å². The maximum Gasteiger partial charge on any atom is 0.0204 e. The second-order valence-corrected chi connectivity index (χ2v) is 5.57. The van der Waals surface area contributed by atoms with Crippen LogP contribution in [0.25, 0.3) is 0 Å². The second-order valence-electron chi connectivity index (χ2n) is 5.57. The Bertz CT molecular complexity index is 175. The van der Waals surface area contributed by atoms with Gasteiger partial charge in [0.1, 0.15) is 0 Å². The van der Waals surface area contributed by atoms with Crippen LogP contribution in [0.3, 0.4) is 0 Å². The maximum atomic E-state index is 3.68. The monoisotopic (exact) mass is 210 g/mol. The summed E-state index contributed by atoms with van der Waals surface area (Å²) in [7, 11) is 0. The highest BCUT2D eigenvalue weighted by Gasteiger charge is 2.19. The van der Waals surface area contributed by atoms with E-state index in [1.54, 1.807) is 0 Å². The molecule has 3 atom stereocenters. The second kappa shape index (κ2) is 5.86. The molecule has 0 amide bonds. The minimum Gasteiger partial charge on any atom is -0.315 e. The zero-order valence-electron chi connectivity index (χ0n) is 10.1. The van der Waals surface area contributed by atoms with Crippen molar-refractivity contribution in [1.29, 1.82) is 0 Å². The van der Waals surface area contributed by atoms with E-state index in [4.69, 9.17) is 0 Å². The lowest BCUT2D eigenvalue weighted by Crippen LogP contribution is -2.33. The van der Waals surface area contributed by atoms with E-state index >= 15 is 0 Å². The van der Waals surface area contributed by atoms with Crippen molar-refractivity contribution in [1.82, 2.24) is 10.6 Å². The molecule has 0 aromatic rings. The first-order chi connectivity index (χ1) is 7.34. The van der Waals surface area contributed by atoms with E-state index in [-0.39, 0.29) is 0 Å². The zero-order chi connectivity index (χ0) is 10.5. The van der Waals surface area contributed by atoms with Crippen LogP contribution in [0, 0.1) is 11.8 Å². The molecule has 0 spiro atoms. The van der Waals surface area contributed by atoms with Crippen molar-refractivity contribution in [3.8, 4) is 0 Å². The maximum absolute atomic E-state index is 3.68. The van der Waals surface area contributed by atoms with Crippen LogP contribution in [0.1, 0.15) is 45.4 Å². The van der Waals surface area contributed by atoms with Gasteiger partial charge in [-0.25, -0.2) is 0 Å². The highest BCUT2D eigenvalue weighted by atomic mass is 15.0. The Morgan fingerprint density at radius 2 is 2.20 bits per heavy atom. The third kappa shape index (κ3) is 3.76. The Labute approximate surface area is 94.2 Å². The first-order valence-electron chi connectivity index (χ1n) is 6.78. The molecule has 2 heteroatoms. The molecular formula is C13H26N2. The van der Waals surface area contributed by atoms with E-state index in [2.05, 4.69) is 17.6 Å². The summed E-state index contributed by atoms with van der Waals surface area (Å²) in [6.45, 7) is 6.05. The molecule has 0 bridgehead atoms. The topological polar surface area (TPSA) is 24.1 Å². The van der Waals surface area contributed by atoms with E-state index in [0.29, 0.717) is 0 Å². The van der Waals surface area contributed by atoms with Gasteiger partial charge in [0.2, 0.25) is 0 Å². The summed E-state index contributed by atoms with van der Waals surface area (Å²) in [4.78, 5) is 0. The van der Waals surface area contributed by atoms with Gasteiger partial charge in [0.15, 0.2) is 0 Å². The molecule has 1 saturated heterocycles. The highest BCUT2D eigenvalue weighted by molar-refractivity contribution is 4.78. The molecule has 1 aliphatic carbocycles. The third-order valence-electron chi connectivity index (χ3n) is 4.09. The van der Waals surface area contributed by atoms with Crippen molar-refractivity contribution in [2.75, 3.05) is 19.6 Å². The van der Waals surface area contributed by atoms with Gasteiger partial charge in [-0.3, -0.25) is 0 Å². The van der Waals surface area contributed by atoms with Crippen LogP contribution in [0.2, 0.25) is 0 Å². The number of hydrogen-bond donors (Lipinski definition) is 2. The summed E-state index contributed by atoms with van der Waals surface area (Å²) in [6.07, 6.45) is 8.62. The summed E-state index contributed by atoms with van der Waals surface area (Å²) >= 11 is 0. The van der Waals surface area contributed by atoms with Crippen LogP contribution >= 0.6 is 0 Å². The normalized spacial score (nSPS) is 37.0. The summed E-state index contributed by atoms with van der Waals surface area (Å²) in [6, 6.07) is 0.756. The van der Waals surface area contributed by atoms with Gasteiger partial charge < -0.3 is 10.6 Å². The Morgan fingerprint density at radius 3 is 2.93 bits per heavy atom. The third-order valence-corrected chi connectivity index (χ3v) is 4.09. The van der Waals surface area contributed by atoms with Gasteiger partial charge in [-0.2, -0.15) is 0 Å². The highest BCUT2D eigenvalue weighted by Crippen LogP contribution is 2.30. The summed E-state index contributed by atoms with van der Waals surface area (Å²) in [5.41, 5.74) is 0. The number of nitrogens with one attached hydrogen (secondary N) is 2. The van der Waals surface area contributed by atoms with Gasteiger partial charge in [-0.1, -0.05) is 26.2 Å². The van der Waals surface area contributed by atoms with Crippen LogP contribution in [-0.2, 0) is 0 Å². The van der Waals surface area contributed by atoms with Crippen LogP contribution in [0.5, 0.6) is 0 Å². The fraction of sp³-hybridized carbons (Fsp3) is 1.00. The lowest BCUT2D eigenvalue weighted by Gasteiger charge is -2.27. The molecule has 0 aromatic heterocycles. The average Bonchev–Trinajstić information content (AvgIpc) is 2.71. The van der Waals surface area contributed by atoms with Crippen molar-refractivity contribution in [2.45, 2.75) is 51.5 Å². The molecule has 0 aromatic carbocycles. The number of hydrogen-bond acceptors (Lipinski definition) is 2. The Kier molecular flexibility index (Phi) is 4.45. The lowest BCUT2D eigenvalue weighted by atomic mass is 9.81. The molecule has 1 aliphatic heterocycles. The average molecular weight is 210 g/mol. The first-order valence-corrected chi connectivity index (χ1v) is 6.78. The van der Waals surface area contributed by atoms with E-state index in [1.807, 2.05) is 0 Å². The van der Waals surface area contributed by atoms with Crippen LogP contribution in [0.4, 0.5) is 0 Å². The van der Waals surface area contributed by atoms with Gasteiger partial charge in [-0.05, 0) is 44.2 Å². The lowest BCUT2D eigenvalue weighted by molar-refractivity contribution is 0.265. The summed E-state index contributed by atoms with van der Waals surface area (Å²) < 4.78 is 0. The smallest absolute Gasteiger partial charge is 0.0204 e. The van der Waals surface area contributed by atoms with E-state index in [1.165, 1.54) is 58.2 Å². The molecule has 1 saturated carbocycles. The van der Waals surface area contributed by atoms with E-state index < -0.39 is 0 Å². The van der Waals surface area contributed by atoms with Gasteiger partial charge >= 0.3 is 0 Å². The van der Waals surface area contributed by atoms with Crippen LogP contribution in [0.15, 0.2) is 0 Å². The van der Waals surface area contributed by atoms with Gasteiger partial charge in [0, 0.05) is 12.6 Å². The molecule has 2 nitrogen and oxygen atoms in total.